The summed E-state index contributed by atoms with van der Waals surface area (Å²) in [6.07, 6.45) is 3.06. The highest BCUT2D eigenvalue weighted by atomic mass is 28.4. The van der Waals surface area contributed by atoms with E-state index in [4.69, 9.17) is 8.85 Å². The molecule has 1 N–H and O–H groups in total. The maximum absolute atomic E-state index is 6.41. The molecule has 2 rings (SSSR count). The smallest absolute Gasteiger partial charge is 0.372 e. The van der Waals surface area contributed by atoms with Crippen LogP contribution in [0.25, 0.3) is 0 Å². The second kappa shape index (κ2) is 11.1. The van der Waals surface area contributed by atoms with Gasteiger partial charge in [0.1, 0.15) is 0 Å². The first-order valence-corrected chi connectivity index (χ1v) is 11.5. The lowest BCUT2D eigenvalue weighted by Crippen LogP contribution is -2.54. The predicted molar refractivity (Wildman–Crippen MR) is 109 cm³/mol. The zero-order chi connectivity index (χ0) is 17.8. The first-order valence-electron chi connectivity index (χ1n) is 9.43. The zero-order valence-corrected chi connectivity index (χ0v) is 16.5. The standard InChI is InChI=1S/C21H31NO2Si/c1-3-17-23-25(24-18-4-2,21-14-9-6-10-15-21)19-11-16-22-20-12-7-5-8-13-20/h5-10,12-15,22H,3-4,11,16-19H2,1-2H3. The molecule has 25 heavy (non-hydrogen) atoms. The second-order valence-corrected chi connectivity index (χ2v) is 9.37. The predicted octanol–water partition coefficient (Wildman–Crippen LogP) is 4.69. The molecular formula is C21H31NO2Si. The Morgan fingerprint density at radius 2 is 1.36 bits per heavy atom. The summed E-state index contributed by atoms with van der Waals surface area (Å²) in [6, 6.07) is 21.9. The van der Waals surface area contributed by atoms with Crippen LogP contribution in [0.15, 0.2) is 60.7 Å². The molecule has 0 radical (unpaired) electrons. The third-order valence-corrected chi connectivity index (χ3v) is 7.64. The van der Waals surface area contributed by atoms with Crippen LogP contribution in [0.1, 0.15) is 33.1 Å². The average Bonchev–Trinajstić information content (AvgIpc) is 2.68. The molecule has 0 aromatic heterocycles. The lowest BCUT2D eigenvalue weighted by Gasteiger charge is -2.31. The summed E-state index contributed by atoms with van der Waals surface area (Å²) in [7, 11) is -2.39. The Labute approximate surface area is 153 Å². The van der Waals surface area contributed by atoms with E-state index in [-0.39, 0.29) is 0 Å². The van der Waals surface area contributed by atoms with Gasteiger partial charge in [0.15, 0.2) is 0 Å². The van der Waals surface area contributed by atoms with Crippen molar-refractivity contribution in [3.8, 4) is 0 Å². The summed E-state index contributed by atoms with van der Waals surface area (Å²) < 4.78 is 12.8. The first kappa shape index (κ1) is 19.7. The molecule has 2 aromatic rings. The minimum atomic E-state index is -2.39. The fourth-order valence-electron chi connectivity index (χ4n) is 2.83. The summed E-state index contributed by atoms with van der Waals surface area (Å²) >= 11 is 0. The van der Waals surface area contributed by atoms with E-state index >= 15 is 0 Å². The highest BCUT2D eigenvalue weighted by Gasteiger charge is 2.39. The van der Waals surface area contributed by atoms with Gasteiger partial charge >= 0.3 is 8.56 Å². The number of benzene rings is 2. The lowest BCUT2D eigenvalue weighted by molar-refractivity contribution is 0.179. The number of anilines is 1. The Morgan fingerprint density at radius 1 is 0.800 bits per heavy atom. The molecule has 0 amide bonds. The van der Waals surface area contributed by atoms with E-state index in [0.717, 1.165) is 45.1 Å². The van der Waals surface area contributed by atoms with Crippen LogP contribution in [0.5, 0.6) is 0 Å². The largest absolute Gasteiger partial charge is 0.391 e. The second-order valence-electron chi connectivity index (χ2n) is 6.21. The molecule has 0 aliphatic carbocycles. The minimum absolute atomic E-state index is 0.761. The van der Waals surface area contributed by atoms with Gasteiger partial charge in [-0.25, -0.2) is 0 Å². The third-order valence-electron chi connectivity index (χ3n) is 4.08. The molecule has 0 saturated carbocycles. The maximum atomic E-state index is 6.41. The van der Waals surface area contributed by atoms with Gasteiger partial charge in [0.05, 0.1) is 0 Å². The Balaban J connectivity index is 2.03. The highest BCUT2D eigenvalue weighted by Crippen LogP contribution is 2.18. The van der Waals surface area contributed by atoms with E-state index in [0.29, 0.717) is 0 Å². The van der Waals surface area contributed by atoms with Crippen molar-refractivity contribution in [2.45, 2.75) is 39.2 Å². The molecule has 0 saturated heterocycles. The summed E-state index contributed by atoms with van der Waals surface area (Å²) in [5, 5.41) is 4.74. The van der Waals surface area contributed by atoms with Gasteiger partial charge in [-0.3, -0.25) is 0 Å². The monoisotopic (exact) mass is 357 g/mol. The van der Waals surface area contributed by atoms with E-state index in [2.05, 4.69) is 73.8 Å². The quantitative estimate of drug-likeness (QED) is 0.441. The molecule has 0 spiro atoms. The minimum Gasteiger partial charge on any atom is -0.391 e. The van der Waals surface area contributed by atoms with Crippen molar-refractivity contribution in [3.63, 3.8) is 0 Å². The van der Waals surface area contributed by atoms with E-state index < -0.39 is 8.56 Å². The molecule has 0 heterocycles. The van der Waals surface area contributed by atoms with Gasteiger partial charge in [0.25, 0.3) is 0 Å². The summed E-state index contributed by atoms with van der Waals surface area (Å²) in [4.78, 5) is 0. The normalized spacial score (nSPS) is 11.4. The molecule has 0 bridgehead atoms. The van der Waals surface area contributed by atoms with Crippen LogP contribution in [0.4, 0.5) is 5.69 Å². The molecule has 0 atom stereocenters. The molecule has 2 aromatic carbocycles. The fraction of sp³-hybridized carbons (Fsp3) is 0.429. The van der Waals surface area contributed by atoms with Gasteiger partial charge in [-0.1, -0.05) is 62.4 Å². The first-order chi connectivity index (χ1) is 12.3. The van der Waals surface area contributed by atoms with E-state index in [1.165, 1.54) is 10.9 Å². The molecule has 3 nitrogen and oxygen atoms in total. The van der Waals surface area contributed by atoms with Crippen molar-refractivity contribution in [2.24, 2.45) is 0 Å². The number of nitrogens with one attached hydrogen (secondary N) is 1. The van der Waals surface area contributed by atoms with Gasteiger partial charge < -0.3 is 14.2 Å². The van der Waals surface area contributed by atoms with Gasteiger partial charge in [-0.05, 0) is 42.6 Å². The van der Waals surface area contributed by atoms with Crippen LogP contribution in [0.2, 0.25) is 6.04 Å². The van der Waals surface area contributed by atoms with E-state index in [9.17, 15) is 0 Å². The number of rotatable bonds is 12. The van der Waals surface area contributed by atoms with Crippen molar-refractivity contribution in [3.05, 3.63) is 60.7 Å². The number of para-hydroxylation sites is 1. The topological polar surface area (TPSA) is 30.5 Å². The zero-order valence-electron chi connectivity index (χ0n) is 15.5. The lowest BCUT2D eigenvalue weighted by atomic mass is 10.3. The van der Waals surface area contributed by atoms with Crippen LogP contribution in [-0.2, 0) is 8.85 Å². The molecule has 0 fully saturated rings. The number of hydrogen-bond acceptors (Lipinski definition) is 3. The average molecular weight is 358 g/mol. The van der Waals surface area contributed by atoms with Gasteiger partial charge in [-0.2, -0.15) is 0 Å². The van der Waals surface area contributed by atoms with E-state index in [1.54, 1.807) is 0 Å². The SMILES string of the molecule is CCCO[Si](CCCNc1ccccc1)(OCCC)c1ccccc1. The maximum Gasteiger partial charge on any atom is 0.372 e. The Bertz CT molecular complexity index is 569. The molecule has 4 heteroatoms. The van der Waals surface area contributed by atoms with Gasteiger partial charge in [0, 0.05) is 25.4 Å². The Morgan fingerprint density at radius 3 is 1.92 bits per heavy atom. The van der Waals surface area contributed by atoms with E-state index in [1.807, 2.05) is 6.07 Å². The molecule has 0 unspecified atom stereocenters. The van der Waals surface area contributed by atoms with Crippen LogP contribution < -0.4 is 10.5 Å². The Kier molecular flexibility index (Phi) is 8.73. The van der Waals surface area contributed by atoms with Gasteiger partial charge in [0.2, 0.25) is 0 Å². The van der Waals surface area contributed by atoms with Crippen LogP contribution in [-0.4, -0.2) is 28.3 Å². The summed E-state index contributed by atoms with van der Waals surface area (Å²) in [5.74, 6) is 0. The molecule has 0 aliphatic rings. The molecule has 136 valence electrons. The van der Waals surface area contributed by atoms with Crippen molar-refractivity contribution in [2.75, 3.05) is 25.1 Å². The van der Waals surface area contributed by atoms with Crippen LogP contribution in [0, 0.1) is 0 Å². The van der Waals surface area contributed by atoms with Crippen molar-refractivity contribution in [1.29, 1.82) is 0 Å². The van der Waals surface area contributed by atoms with Crippen LogP contribution >= 0.6 is 0 Å². The van der Waals surface area contributed by atoms with Gasteiger partial charge in [-0.15, -0.1) is 0 Å². The van der Waals surface area contributed by atoms with Crippen molar-refractivity contribution >= 4 is 19.4 Å². The highest BCUT2D eigenvalue weighted by molar-refractivity contribution is 6.81. The Hall–Kier alpha value is -1.62. The van der Waals surface area contributed by atoms with Crippen LogP contribution in [0.3, 0.4) is 0 Å². The third kappa shape index (κ3) is 6.31. The summed E-state index contributed by atoms with van der Waals surface area (Å²) in [5.41, 5.74) is 1.17. The molecule has 0 aliphatic heterocycles. The van der Waals surface area contributed by atoms with Crippen molar-refractivity contribution < 1.29 is 8.85 Å². The molecular weight excluding hydrogens is 326 g/mol. The van der Waals surface area contributed by atoms with Crippen molar-refractivity contribution in [1.82, 2.24) is 0 Å². The summed E-state index contributed by atoms with van der Waals surface area (Å²) in [6.45, 7) is 6.76. The number of hydrogen-bond donors (Lipinski definition) is 1. The fourth-order valence-corrected chi connectivity index (χ4v) is 6.24.